The van der Waals surface area contributed by atoms with Gasteiger partial charge in [-0.05, 0) is 59.5 Å². The monoisotopic (exact) mass is 330 g/mol. The van der Waals surface area contributed by atoms with E-state index in [-0.39, 0.29) is 0 Å². The molecule has 1 saturated carbocycles. The maximum atomic E-state index is 11.4. The molecule has 1 fully saturated rings. The van der Waals surface area contributed by atoms with Crippen molar-refractivity contribution in [3.63, 3.8) is 0 Å². The summed E-state index contributed by atoms with van der Waals surface area (Å²) in [6.45, 7) is 0. The van der Waals surface area contributed by atoms with Crippen LogP contribution in [0.5, 0.6) is 0 Å². The molecule has 0 spiro atoms. The lowest BCUT2D eigenvalue weighted by atomic mass is 9.80. The van der Waals surface area contributed by atoms with E-state index in [1.165, 1.54) is 3.57 Å². The Morgan fingerprint density at radius 3 is 2.31 bits per heavy atom. The van der Waals surface area contributed by atoms with Gasteiger partial charge in [-0.3, -0.25) is 4.79 Å². The Hall–Kier alpha value is -0.580. The number of hydrogen-bond donors (Lipinski definition) is 1. The molecule has 3 heteroatoms. The van der Waals surface area contributed by atoms with Crippen molar-refractivity contribution in [1.82, 2.24) is 0 Å². The molecule has 0 aromatic heterocycles. The number of carboxylic acids is 1. The van der Waals surface area contributed by atoms with Gasteiger partial charge in [-0.25, -0.2) is 0 Å². The van der Waals surface area contributed by atoms with Gasteiger partial charge in [0.15, 0.2) is 0 Å². The van der Waals surface area contributed by atoms with Gasteiger partial charge in [0.1, 0.15) is 0 Å². The Morgan fingerprint density at radius 2 is 1.81 bits per heavy atom. The van der Waals surface area contributed by atoms with E-state index in [4.69, 9.17) is 0 Å². The number of carboxylic acid groups (broad SMARTS) is 1. The van der Waals surface area contributed by atoms with Crippen LogP contribution in [-0.4, -0.2) is 11.1 Å². The number of benzene rings is 1. The fraction of sp³-hybridized carbons (Fsp3) is 0.462. The number of rotatable bonds is 3. The highest BCUT2D eigenvalue weighted by Crippen LogP contribution is 2.41. The summed E-state index contributed by atoms with van der Waals surface area (Å²) in [5, 5.41) is 9.38. The van der Waals surface area contributed by atoms with Crippen molar-refractivity contribution in [3.8, 4) is 0 Å². The summed E-state index contributed by atoms with van der Waals surface area (Å²) in [7, 11) is 0. The van der Waals surface area contributed by atoms with E-state index in [0.29, 0.717) is 6.42 Å². The van der Waals surface area contributed by atoms with E-state index < -0.39 is 11.4 Å². The molecule has 1 aromatic rings. The summed E-state index contributed by atoms with van der Waals surface area (Å²) >= 11 is 2.26. The van der Waals surface area contributed by atoms with Crippen molar-refractivity contribution in [2.75, 3.05) is 0 Å². The first-order valence-electron chi connectivity index (χ1n) is 5.60. The van der Waals surface area contributed by atoms with E-state index in [1.54, 1.807) is 0 Å². The van der Waals surface area contributed by atoms with Crippen LogP contribution >= 0.6 is 22.6 Å². The Labute approximate surface area is 109 Å². The minimum absolute atomic E-state index is 0.493. The first-order chi connectivity index (χ1) is 7.62. The molecule has 0 aliphatic heterocycles. The zero-order chi connectivity index (χ0) is 11.6. The molecular weight excluding hydrogens is 315 g/mol. The molecule has 1 aliphatic rings. The molecule has 0 radical (unpaired) electrons. The summed E-state index contributed by atoms with van der Waals surface area (Å²) in [6.07, 6.45) is 4.44. The zero-order valence-corrected chi connectivity index (χ0v) is 11.2. The molecule has 0 atom stereocenters. The Kier molecular flexibility index (Phi) is 3.52. The van der Waals surface area contributed by atoms with Gasteiger partial charge in [-0.2, -0.15) is 0 Å². The molecule has 0 amide bonds. The summed E-state index contributed by atoms with van der Waals surface area (Å²) in [5.74, 6) is -0.622. The smallest absolute Gasteiger partial charge is 0.309 e. The van der Waals surface area contributed by atoms with Gasteiger partial charge in [-0.1, -0.05) is 25.0 Å². The van der Waals surface area contributed by atoms with E-state index in [2.05, 4.69) is 22.6 Å². The Bertz CT molecular complexity index is 377. The predicted molar refractivity (Wildman–Crippen MR) is 71.4 cm³/mol. The second kappa shape index (κ2) is 4.73. The third kappa shape index (κ3) is 2.39. The molecule has 1 aromatic carbocycles. The minimum atomic E-state index is -0.622. The number of halogens is 1. The van der Waals surface area contributed by atoms with Crippen LogP contribution in [0.15, 0.2) is 24.3 Å². The standard InChI is InChI=1S/C13H15IO2/c14-11-5-3-10(4-6-11)9-13(12(15)16)7-1-2-8-13/h3-6H,1-2,7-9H2,(H,15,16). The van der Waals surface area contributed by atoms with Crippen molar-refractivity contribution in [3.05, 3.63) is 33.4 Å². The van der Waals surface area contributed by atoms with Crippen LogP contribution in [0.1, 0.15) is 31.2 Å². The van der Waals surface area contributed by atoms with Crippen molar-refractivity contribution in [2.45, 2.75) is 32.1 Å². The summed E-state index contributed by atoms with van der Waals surface area (Å²) in [6, 6.07) is 8.18. The van der Waals surface area contributed by atoms with Crippen LogP contribution < -0.4 is 0 Å². The lowest BCUT2D eigenvalue weighted by Gasteiger charge is -2.23. The van der Waals surface area contributed by atoms with E-state index in [1.807, 2.05) is 24.3 Å². The number of hydrogen-bond acceptors (Lipinski definition) is 1. The second-order valence-corrected chi connectivity index (χ2v) is 5.84. The van der Waals surface area contributed by atoms with Gasteiger partial charge >= 0.3 is 5.97 Å². The quantitative estimate of drug-likeness (QED) is 0.862. The molecule has 0 bridgehead atoms. The molecule has 1 aliphatic carbocycles. The van der Waals surface area contributed by atoms with Gasteiger partial charge in [0.2, 0.25) is 0 Å². The first kappa shape index (κ1) is 11.9. The predicted octanol–water partition coefficient (Wildman–Crippen LogP) is 3.48. The fourth-order valence-electron chi connectivity index (χ4n) is 2.51. The maximum absolute atomic E-state index is 11.4. The van der Waals surface area contributed by atoms with Gasteiger partial charge in [-0.15, -0.1) is 0 Å². The van der Waals surface area contributed by atoms with Gasteiger partial charge in [0, 0.05) is 3.57 Å². The van der Waals surface area contributed by atoms with Crippen LogP contribution in [0.4, 0.5) is 0 Å². The van der Waals surface area contributed by atoms with Crippen molar-refractivity contribution >= 4 is 28.6 Å². The van der Waals surface area contributed by atoms with Gasteiger partial charge < -0.3 is 5.11 Å². The van der Waals surface area contributed by atoms with Crippen molar-refractivity contribution in [2.24, 2.45) is 5.41 Å². The summed E-state index contributed by atoms with van der Waals surface area (Å²) in [4.78, 5) is 11.4. The molecule has 0 saturated heterocycles. The van der Waals surface area contributed by atoms with Crippen LogP contribution in [-0.2, 0) is 11.2 Å². The molecule has 1 N–H and O–H groups in total. The highest BCUT2D eigenvalue weighted by molar-refractivity contribution is 14.1. The lowest BCUT2D eigenvalue weighted by molar-refractivity contribution is -0.148. The van der Waals surface area contributed by atoms with E-state index in [0.717, 1.165) is 31.2 Å². The topological polar surface area (TPSA) is 37.3 Å². The minimum Gasteiger partial charge on any atom is -0.481 e. The fourth-order valence-corrected chi connectivity index (χ4v) is 2.87. The summed E-state index contributed by atoms with van der Waals surface area (Å²) in [5.41, 5.74) is 0.650. The zero-order valence-electron chi connectivity index (χ0n) is 9.08. The lowest BCUT2D eigenvalue weighted by Crippen LogP contribution is -2.30. The van der Waals surface area contributed by atoms with Crippen LogP contribution in [0.2, 0.25) is 0 Å². The third-order valence-electron chi connectivity index (χ3n) is 3.47. The first-order valence-corrected chi connectivity index (χ1v) is 6.68. The average Bonchev–Trinajstić information content (AvgIpc) is 2.71. The third-order valence-corrected chi connectivity index (χ3v) is 4.19. The highest BCUT2D eigenvalue weighted by atomic mass is 127. The second-order valence-electron chi connectivity index (χ2n) is 4.60. The maximum Gasteiger partial charge on any atom is 0.309 e. The number of aliphatic carboxylic acids is 1. The molecule has 0 unspecified atom stereocenters. The highest BCUT2D eigenvalue weighted by Gasteiger charge is 2.41. The molecule has 16 heavy (non-hydrogen) atoms. The normalized spacial score (nSPS) is 18.6. The Morgan fingerprint density at radius 1 is 1.25 bits per heavy atom. The summed E-state index contributed by atoms with van der Waals surface area (Å²) < 4.78 is 1.19. The van der Waals surface area contributed by atoms with Crippen LogP contribution in [0.25, 0.3) is 0 Å². The molecule has 2 rings (SSSR count). The SMILES string of the molecule is O=C(O)C1(Cc2ccc(I)cc2)CCCC1. The van der Waals surface area contributed by atoms with Crippen LogP contribution in [0.3, 0.4) is 0 Å². The Balaban J connectivity index is 2.18. The molecule has 0 heterocycles. The van der Waals surface area contributed by atoms with Crippen molar-refractivity contribution < 1.29 is 9.90 Å². The average molecular weight is 330 g/mol. The molecular formula is C13H15IO2. The largest absolute Gasteiger partial charge is 0.481 e. The number of carbonyl (C=O) groups is 1. The van der Waals surface area contributed by atoms with E-state index >= 15 is 0 Å². The molecule has 86 valence electrons. The van der Waals surface area contributed by atoms with Crippen molar-refractivity contribution in [1.29, 1.82) is 0 Å². The molecule has 2 nitrogen and oxygen atoms in total. The van der Waals surface area contributed by atoms with Crippen LogP contribution in [0, 0.1) is 8.99 Å². The van der Waals surface area contributed by atoms with Gasteiger partial charge in [0.25, 0.3) is 0 Å². The van der Waals surface area contributed by atoms with E-state index in [9.17, 15) is 9.90 Å². The van der Waals surface area contributed by atoms with Gasteiger partial charge in [0.05, 0.1) is 5.41 Å².